The molecule has 2 aromatic rings. The fourth-order valence-corrected chi connectivity index (χ4v) is 2.30. The number of methoxy groups -OCH3 is 1. The van der Waals surface area contributed by atoms with E-state index in [9.17, 15) is 14.0 Å². The van der Waals surface area contributed by atoms with Crippen LogP contribution in [0.25, 0.3) is 0 Å². The Morgan fingerprint density at radius 3 is 2.61 bits per heavy atom. The minimum atomic E-state index is -0.921. The maximum Gasteiger partial charge on any atom is 0.328 e. The first-order valence-electron chi connectivity index (χ1n) is 6.89. The van der Waals surface area contributed by atoms with Crippen molar-refractivity contribution in [2.75, 3.05) is 7.11 Å². The highest BCUT2D eigenvalue weighted by Gasteiger charge is 2.23. The van der Waals surface area contributed by atoms with Crippen LogP contribution >= 0.6 is 11.6 Å². The Hall–Kier alpha value is -2.40. The molecule has 0 spiro atoms. The second-order valence-corrected chi connectivity index (χ2v) is 5.26. The van der Waals surface area contributed by atoms with E-state index < -0.39 is 23.7 Å². The molecule has 4 nitrogen and oxygen atoms in total. The molecule has 120 valence electrons. The number of esters is 1. The molecule has 0 unspecified atom stereocenters. The van der Waals surface area contributed by atoms with Crippen molar-refractivity contribution in [1.29, 1.82) is 0 Å². The molecule has 0 saturated heterocycles. The number of carbonyl (C=O) groups is 2. The maximum atomic E-state index is 13.2. The number of benzene rings is 2. The van der Waals surface area contributed by atoms with E-state index in [1.807, 2.05) is 0 Å². The molecule has 0 radical (unpaired) electrons. The third-order valence-corrected chi connectivity index (χ3v) is 3.63. The summed E-state index contributed by atoms with van der Waals surface area (Å²) in [7, 11) is 1.23. The lowest BCUT2D eigenvalue weighted by atomic mass is 10.1. The largest absolute Gasteiger partial charge is 0.467 e. The Kier molecular flexibility index (Phi) is 5.71. The zero-order chi connectivity index (χ0) is 16.8. The van der Waals surface area contributed by atoms with E-state index in [1.54, 1.807) is 24.3 Å². The summed E-state index contributed by atoms with van der Waals surface area (Å²) in [5.74, 6) is -1.69. The molecule has 2 aromatic carbocycles. The van der Waals surface area contributed by atoms with Gasteiger partial charge in [-0.25, -0.2) is 9.18 Å². The van der Waals surface area contributed by atoms with Gasteiger partial charge in [0.05, 0.1) is 7.11 Å². The predicted octanol–water partition coefficient (Wildman–Crippen LogP) is 2.99. The van der Waals surface area contributed by atoms with Crippen LogP contribution < -0.4 is 5.32 Å². The van der Waals surface area contributed by atoms with Crippen LogP contribution in [0.4, 0.5) is 4.39 Å². The first kappa shape index (κ1) is 17.0. The van der Waals surface area contributed by atoms with Crippen molar-refractivity contribution in [3.63, 3.8) is 0 Å². The molecule has 0 aliphatic rings. The second kappa shape index (κ2) is 7.74. The first-order chi connectivity index (χ1) is 11.0. The molecule has 0 aliphatic carbocycles. The SMILES string of the molecule is COC(=O)[C@H](Cc1ccccc1Cl)NC(=O)c1cccc(F)c1. The monoisotopic (exact) mass is 335 g/mol. The maximum absolute atomic E-state index is 13.2. The van der Waals surface area contributed by atoms with Gasteiger partial charge in [-0.3, -0.25) is 4.79 Å². The van der Waals surface area contributed by atoms with Gasteiger partial charge >= 0.3 is 5.97 Å². The van der Waals surface area contributed by atoms with Gasteiger partial charge in [0.1, 0.15) is 11.9 Å². The smallest absolute Gasteiger partial charge is 0.328 e. The van der Waals surface area contributed by atoms with Crippen molar-refractivity contribution in [3.05, 3.63) is 70.5 Å². The highest BCUT2D eigenvalue weighted by molar-refractivity contribution is 6.31. The summed E-state index contributed by atoms with van der Waals surface area (Å²) in [4.78, 5) is 24.1. The summed E-state index contributed by atoms with van der Waals surface area (Å²) in [6.45, 7) is 0. The molecular formula is C17H15ClFNO3. The second-order valence-electron chi connectivity index (χ2n) is 4.86. The molecule has 1 atom stereocenters. The molecule has 0 aliphatic heterocycles. The molecule has 1 N–H and O–H groups in total. The number of rotatable bonds is 5. The molecule has 1 amide bonds. The van der Waals surface area contributed by atoms with Gasteiger partial charge in [-0.1, -0.05) is 35.9 Å². The van der Waals surface area contributed by atoms with E-state index in [4.69, 9.17) is 16.3 Å². The van der Waals surface area contributed by atoms with Gasteiger partial charge in [-0.2, -0.15) is 0 Å². The van der Waals surface area contributed by atoms with Gasteiger partial charge in [0, 0.05) is 17.0 Å². The van der Waals surface area contributed by atoms with Crippen LogP contribution in [0, 0.1) is 5.82 Å². The molecule has 2 rings (SSSR count). The van der Waals surface area contributed by atoms with Crippen molar-refractivity contribution in [2.45, 2.75) is 12.5 Å². The van der Waals surface area contributed by atoms with Crippen molar-refractivity contribution >= 4 is 23.5 Å². The molecule has 23 heavy (non-hydrogen) atoms. The molecule has 0 bridgehead atoms. The normalized spacial score (nSPS) is 11.6. The predicted molar refractivity (Wildman–Crippen MR) is 84.8 cm³/mol. The third kappa shape index (κ3) is 4.53. The topological polar surface area (TPSA) is 55.4 Å². The van der Waals surface area contributed by atoms with Crippen LogP contribution in [0.1, 0.15) is 15.9 Å². The number of carbonyl (C=O) groups excluding carboxylic acids is 2. The lowest BCUT2D eigenvalue weighted by Gasteiger charge is -2.17. The summed E-state index contributed by atoms with van der Waals surface area (Å²) >= 11 is 6.08. The number of ether oxygens (including phenoxy) is 1. The van der Waals surface area contributed by atoms with Gasteiger partial charge in [0.25, 0.3) is 5.91 Å². The summed E-state index contributed by atoms with van der Waals surface area (Å²) in [5.41, 5.74) is 0.821. The van der Waals surface area contributed by atoms with Gasteiger partial charge in [-0.05, 0) is 29.8 Å². The molecule has 0 fully saturated rings. The van der Waals surface area contributed by atoms with E-state index >= 15 is 0 Å². The number of hydrogen-bond donors (Lipinski definition) is 1. The Morgan fingerprint density at radius 2 is 1.96 bits per heavy atom. The van der Waals surface area contributed by atoms with Crippen LogP contribution in [0.15, 0.2) is 48.5 Å². The average molecular weight is 336 g/mol. The lowest BCUT2D eigenvalue weighted by Crippen LogP contribution is -2.43. The molecule has 0 saturated carbocycles. The standard InChI is InChI=1S/C17H15ClFNO3/c1-23-17(22)15(10-11-5-2-3-8-14(11)18)20-16(21)12-6-4-7-13(19)9-12/h2-9,15H,10H2,1H3,(H,20,21)/t15-/m0/s1. The Balaban J connectivity index is 2.17. The van der Waals surface area contributed by atoms with Crippen LogP contribution in [0.3, 0.4) is 0 Å². The highest BCUT2D eigenvalue weighted by Crippen LogP contribution is 2.17. The van der Waals surface area contributed by atoms with Crippen molar-refractivity contribution in [2.24, 2.45) is 0 Å². The summed E-state index contributed by atoms with van der Waals surface area (Å²) < 4.78 is 17.9. The van der Waals surface area contributed by atoms with Crippen molar-refractivity contribution in [1.82, 2.24) is 5.32 Å². The zero-order valence-corrected chi connectivity index (χ0v) is 13.1. The Labute approximate surface area is 138 Å². The zero-order valence-electron chi connectivity index (χ0n) is 12.4. The molecule has 0 aromatic heterocycles. The lowest BCUT2D eigenvalue weighted by molar-refractivity contribution is -0.142. The van der Waals surface area contributed by atoms with E-state index in [0.29, 0.717) is 10.6 Å². The summed E-state index contributed by atoms with van der Waals surface area (Å²) in [6, 6.07) is 11.3. The van der Waals surface area contributed by atoms with E-state index in [1.165, 1.54) is 25.3 Å². The average Bonchev–Trinajstić information content (AvgIpc) is 2.55. The fraction of sp³-hybridized carbons (Fsp3) is 0.176. The van der Waals surface area contributed by atoms with E-state index in [-0.39, 0.29) is 12.0 Å². The number of hydrogen-bond acceptors (Lipinski definition) is 3. The Bertz CT molecular complexity index is 720. The third-order valence-electron chi connectivity index (χ3n) is 3.26. The van der Waals surface area contributed by atoms with Crippen LogP contribution in [0.5, 0.6) is 0 Å². The summed E-state index contributed by atoms with van der Waals surface area (Å²) in [5, 5.41) is 3.04. The number of halogens is 2. The van der Waals surface area contributed by atoms with Gasteiger partial charge < -0.3 is 10.1 Å². The summed E-state index contributed by atoms with van der Waals surface area (Å²) in [6.07, 6.45) is 0.174. The Morgan fingerprint density at radius 1 is 1.22 bits per heavy atom. The van der Waals surface area contributed by atoms with E-state index in [2.05, 4.69) is 5.32 Å². The van der Waals surface area contributed by atoms with Gasteiger partial charge in [0.15, 0.2) is 0 Å². The first-order valence-corrected chi connectivity index (χ1v) is 7.26. The quantitative estimate of drug-likeness (QED) is 0.855. The van der Waals surface area contributed by atoms with Gasteiger partial charge in [0.2, 0.25) is 0 Å². The van der Waals surface area contributed by atoms with Crippen molar-refractivity contribution in [3.8, 4) is 0 Å². The van der Waals surface area contributed by atoms with Crippen LogP contribution in [-0.2, 0) is 16.0 Å². The van der Waals surface area contributed by atoms with E-state index in [0.717, 1.165) is 6.07 Å². The van der Waals surface area contributed by atoms with Crippen LogP contribution in [-0.4, -0.2) is 25.0 Å². The number of amides is 1. The highest BCUT2D eigenvalue weighted by atomic mass is 35.5. The van der Waals surface area contributed by atoms with Crippen LogP contribution in [0.2, 0.25) is 5.02 Å². The molecular weight excluding hydrogens is 321 g/mol. The minimum absolute atomic E-state index is 0.123. The minimum Gasteiger partial charge on any atom is -0.467 e. The number of nitrogens with one attached hydrogen (secondary N) is 1. The molecule has 0 heterocycles. The van der Waals surface area contributed by atoms with Gasteiger partial charge in [-0.15, -0.1) is 0 Å². The fourth-order valence-electron chi connectivity index (χ4n) is 2.09. The van der Waals surface area contributed by atoms with Crippen molar-refractivity contribution < 1.29 is 18.7 Å². The molecule has 6 heteroatoms.